The Labute approximate surface area is 200 Å². The molecule has 4 aromatic rings. The Morgan fingerprint density at radius 3 is 2.74 bits per heavy atom. The van der Waals surface area contributed by atoms with E-state index in [2.05, 4.69) is 51.4 Å². The number of aryl methyl sites for hydroxylation is 2. The fraction of sp³-hybridized carbons (Fsp3) is 0.222. The molecule has 0 fully saturated rings. The molecule has 1 unspecified atom stereocenters. The minimum atomic E-state index is 0. The molecule has 1 aliphatic heterocycles. The molecule has 0 bridgehead atoms. The van der Waals surface area contributed by atoms with Crippen LogP contribution in [0.25, 0.3) is 11.1 Å². The van der Waals surface area contributed by atoms with Gasteiger partial charge in [-0.05, 0) is 54.8 Å². The topological polar surface area (TPSA) is 72.4 Å². The number of likely N-dealkylation sites (N-methyl/N-ethyl adjacent to an activating group) is 1. The predicted octanol–water partition coefficient (Wildman–Crippen LogP) is 5.72. The molecule has 1 N–H and O–H groups in total. The van der Waals surface area contributed by atoms with Crippen molar-refractivity contribution in [2.45, 2.75) is 19.9 Å². The summed E-state index contributed by atoms with van der Waals surface area (Å²) in [5, 5.41) is 3.31. The Bertz CT molecular complexity index is 1350. The minimum Gasteiger partial charge on any atom is -0.496 e. The molecule has 34 heavy (non-hydrogen) atoms. The first-order valence-electron chi connectivity index (χ1n) is 11.2. The monoisotopic (exact) mass is 455 g/mol. The molecular weight excluding hydrogens is 426 g/mol. The van der Waals surface area contributed by atoms with Gasteiger partial charge in [-0.25, -0.2) is 4.98 Å². The van der Waals surface area contributed by atoms with Gasteiger partial charge in [0.05, 0.1) is 19.3 Å². The number of methoxy groups -OCH3 is 1. The van der Waals surface area contributed by atoms with E-state index in [1.54, 1.807) is 19.5 Å². The molecule has 0 amide bonds. The Kier molecular flexibility index (Phi) is 5.76. The maximum Gasteiger partial charge on any atom is 0.229 e. The van der Waals surface area contributed by atoms with Gasteiger partial charge in [0.1, 0.15) is 12.4 Å². The first kappa shape index (κ1) is 21.7. The first-order valence-corrected chi connectivity index (χ1v) is 11.2. The van der Waals surface area contributed by atoms with Crippen molar-refractivity contribution in [2.75, 3.05) is 31.0 Å². The van der Waals surface area contributed by atoms with Crippen LogP contribution in [0.2, 0.25) is 0 Å². The highest BCUT2D eigenvalue weighted by Gasteiger charge is 2.29. The molecule has 0 saturated carbocycles. The van der Waals surface area contributed by atoms with Crippen LogP contribution in [0.1, 0.15) is 24.3 Å². The van der Waals surface area contributed by atoms with Crippen LogP contribution in [0.5, 0.6) is 11.5 Å². The number of nitrogens with zero attached hydrogens (tertiary/aromatic N) is 4. The van der Waals surface area contributed by atoms with Crippen LogP contribution in [0.3, 0.4) is 0 Å². The van der Waals surface area contributed by atoms with Gasteiger partial charge in [-0.2, -0.15) is 4.98 Å². The molecule has 7 heteroatoms. The van der Waals surface area contributed by atoms with E-state index < -0.39 is 0 Å². The maximum absolute atomic E-state index is 6.01. The lowest BCUT2D eigenvalue weighted by molar-refractivity contribution is 0.264. The number of hydrogen-bond donors (Lipinski definition) is 1. The fourth-order valence-electron chi connectivity index (χ4n) is 4.31. The molecule has 0 radical (unpaired) electrons. The lowest BCUT2D eigenvalue weighted by Crippen LogP contribution is -2.34. The second-order valence-electron chi connectivity index (χ2n) is 8.40. The summed E-state index contributed by atoms with van der Waals surface area (Å²) in [4.78, 5) is 15.7. The number of fused-ring (bicyclic) bond motifs is 1. The maximum atomic E-state index is 6.01. The van der Waals surface area contributed by atoms with Gasteiger partial charge in [-0.3, -0.25) is 4.98 Å². The van der Waals surface area contributed by atoms with Gasteiger partial charge in [-0.1, -0.05) is 24.3 Å². The second-order valence-corrected chi connectivity index (χ2v) is 8.40. The number of benzene rings is 2. The van der Waals surface area contributed by atoms with Crippen LogP contribution in [-0.2, 0) is 0 Å². The van der Waals surface area contributed by atoms with Crippen molar-refractivity contribution < 1.29 is 10.9 Å². The van der Waals surface area contributed by atoms with Gasteiger partial charge in [0.15, 0.2) is 11.6 Å². The fourth-order valence-corrected chi connectivity index (χ4v) is 4.31. The van der Waals surface area contributed by atoms with E-state index in [1.807, 2.05) is 44.3 Å². The van der Waals surface area contributed by atoms with E-state index in [-0.39, 0.29) is 7.47 Å². The lowest BCUT2D eigenvalue weighted by atomic mass is 10.00. The summed E-state index contributed by atoms with van der Waals surface area (Å²) in [6, 6.07) is 18.4. The van der Waals surface area contributed by atoms with Crippen molar-refractivity contribution in [3.8, 4) is 22.6 Å². The standard InChI is InChI=1S/C27H27N5O2.H2/c1-17-7-5-6-8-21(17)23-16-34-25-15-29-27(31-26(25)32(23)3)30-20-9-10-22(24(14-20)33-4)19-11-12-28-18(2)13-19;/h5-15,23H,16H2,1-4H3,(H,29,30,31);1H. The Morgan fingerprint density at radius 2 is 1.94 bits per heavy atom. The molecule has 174 valence electrons. The average molecular weight is 456 g/mol. The molecule has 2 aromatic carbocycles. The van der Waals surface area contributed by atoms with Gasteiger partial charge in [0.2, 0.25) is 5.95 Å². The average Bonchev–Trinajstić information content (AvgIpc) is 2.85. The van der Waals surface area contributed by atoms with Crippen LogP contribution >= 0.6 is 0 Å². The molecular formula is C27H29N5O2. The normalized spacial score (nSPS) is 14.8. The van der Waals surface area contributed by atoms with Crippen LogP contribution in [0.4, 0.5) is 17.5 Å². The third-order valence-corrected chi connectivity index (χ3v) is 6.15. The van der Waals surface area contributed by atoms with Gasteiger partial charge in [0, 0.05) is 37.7 Å². The van der Waals surface area contributed by atoms with Crippen LogP contribution in [0, 0.1) is 13.8 Å². The van der Waals surface area contributed by atoms with Gasteiger partial charge in [-0.15, -0.1) is 0 Å². The highest BCUT2D eigenvalue weighted by Crippen LogP contribution is 2.38. The van der Waals surface area contributed by atoms with Crippen molar-refractivity contribution in [3.05, 3.63) is 83.8 Å². The summed E-state index contributed by atoms with van der Waals surface area (Å²) in [5.74, 6) is 2.69. The van der Waals surface area contributed by atoms with Gasteiger partial charge < -0.3 is 19.7 Å². The van der Waals surface area contributed by atoms with E-state index in [0.29, 0.717) is 18.3 Å². The Morgan fingerprint density at radius 1 is 1.09 bits per heavy atom. The molecule has 1 atom stereocenters. The largest absolute Gasteiger partial charge is 0.496 e. The zero-order valence-electron chi connectivity index (χ0n) is 19.7. The molecule has 0 saturated heterocycles. The zero-order valence-corrected chi connectivity index (χ0v) is 19.7. The number of hydrogen-bond acceptors (Lipinski definition) is 7. The van der Waals surface area contributed by atoms with Gasteiger partial charge in [0.25, 0.3) is 0 Å². The summed E-state index contributed by atoms with van der Waals surface area (Å²) in [5.41, 5.74) is 6.31. The predicted molar refractivity (Wildman–Crippen MR) is 136 cm³/mol. The highest BCUT2D eigenvalue weighted by molar-refractivity contribution is 5.74. The number of aromatic nitrogens is 3. The summed E-state index contributed by atoms with van der Waals surface area (Å²) >= 11 is 0. The summed E-state index contributed by atoms with van der Waals surface area (Å²) in [6.45, 7) is 4.65. The van der Waals surface area contributed by atoms with E-state index >= 15 is 0 Å². The van der Waals surface area contributed by atoms with Crippen LogP contribution in [-0.4, -0.2) is 35.7 Å². The van der Waals surface area contributed by atoms with E-state index in [0.717, 1.165) is 34.1 Å². The molecule has 3 heterocycles. The number of ether oxygens (including phenoxy) is 2. The number of nitrogens with one attached hydrogen (secondary N) is 1. The highest BCUT2D eigenvalue weighted by atomic mass is 16.5. The summed E-state index contributed by atoms with van der Waals surface area (Å²) in [6.07, 6.45) is 3.53. The van der Waals surface area contributed by atoms with Crippen molar-refractivity contribution in [3.63, 3.8) is 0 Å². The lowest BCUT2D eigenvalue weighted by Gasteiger charge is -2.35. The quantitative estimate of drug-likeness (QED) is 0.412. The van der Waals surface area contributed by atoms with Crippen molar-refractivity contribution in [1.82, 2.24) is 15.0 Å². The minimum absolute atomic E-state index is 0. The second kappa shape index (κ2) is 9.02. The molecule has 0 aliphatic carbocycles. The molecule has 5 rings (SSSR count). The molecule has 0 spiro atoms. The van der Waals surface area contributed by atoms with E-state index in [1.165, 1.54) is 11.1 Å². The molecule has 2 aromatic heterocycles. The third-order valence-electron chi connectivity index (χ3n) is 6.15. The smallest absolute Gasteiger partial charge is 0.229 e. The van der Waals surface area contributed by atoms with Crippen LogP contribution in [0.15, 0.2) is 67.0 Å². The number of rotatable bonds is 5. The van der Waals surface area contributed by atoms with Crippen molar-refractivity contribution >= 4 is 17.5 Å². The third kappa shape index (κ3) is 4.12. The van der Waals surface area contributed by atoms with Crippen molar-refractivity contribution in [2.24, 2.45) is 0 Å². The molecule has 1 aliphatic rings. The zero-order chi connectivity index (χ0) is 23.7. The van der Waals surface area contributed by atoms with E-state index in [9.17, 15) is 0 Å². The number of pyridine rings is 1. The van der Waals surface area contributed by atoms with Crippen LogP contribution < -0.4 is 19.7 Å². The van der Waals surface area contributed by atoms with E-state index in [4.69, 9.17) is 14.5 Å². The number of anilines is 3. The van der Waals surface area contributed by atoms with Gasteiger partial charge >= 0.3 is 0 Å². The first-order chi connectivity index (χ1) is 16.5. The Balaban J connectivity index is 0.00000289. The Hall–Kier alpha value is -4.13. The SMILES string of the molecule is COc1cc(Nc2ncc3c(n2)N(C)C(c2ccccc2C)CO3)ccc1-c1ccnc(C)c1.[HH]. The summed E-state index contributed by atoms with van der Waals surface area (Å²) < 4.78 is 11.7. The van der Waals surface area contributed by atoms with Crippen molar-refractivity contribution in [1.29, 1.82) is 0 Å². The summed E-state index contributed by atoms with van der Waals surface area (Å²) in [7, 11) is 3.72. The molecule has 7 nitrogen and oxygen atoms in total.